The first-order valence-corrected chi connectivity index (χ1v) is 7.00. The van der Waals surface area contributed by atoms with E-state index < -0.39 is 0 Å². The molecule has 0 spiro atoms. The van der Waals surface area contributed by atoms with Crippen molar-refractivity contribution in [2.75, 3.05) is 0 Å². The van der Waals surface area contributed by atoms with Crippen molar-refractivity contribution in [1.29, 1.82) is 0 Å². The molecule has 0 aliphatic heterocycles. The molecule has 0 atom stereocenters. The molecule has 1 aliphatic rings. The molecule has 3 heteroatoms. The van der Waals surface area contributed by atoms with E-state index in [2.05, 4.69) is 13.8 Å². The number of esters is 1. The van der Waals surface area contributed by atoms with Crippen molar-refractivity contribution in [2.45, 2.75) is 52.2 Å². The number of ether oxygens (including phenoxy) is 1. The molecule has 0 unspecified atom stereocenters. The van der Waals surface area contributed by atoms with Crippen LogP contribution in [0.1, 0.15) is 55.5 Å². The summed E-state index contributed by atoms with van der Waals surface area (Å²) in [6, 6.07) is 7.33. The van der Waals surface area contributed by atoms with Crippen LogP contribution < -0.4 is 5.73 Å². The van der Waals surface area contributed by atoms with Crippen molar-refractivity contribution in [1.82, 2.24) is 0 Å². The van der Waals surface area contributed by atoms with Crippen molar-refractivity contribution < 1.29 is 9.53 Å². The standard InChI is InChI=1S/C16H23NO2/c1-16(2)9-7-14(8-10-16)19-15(18)13-5-3-12(11-17)4-6-13/h3-6,14H,7-11,17H2,1-2H3. The fourth-order valence-electron chi connectivity index (χ4n) is 2.49. The Morgan fingerprint density at radius 2 is 1.84 bits per heavy atom. The first-order chi connectivity index (χ1) is 9.00. The van der Waals surface area contributed by atoms with E-state index in [-0.39, 0.29) is 12.1 Å². The fourth-order valence-corrected chi connectivity index (χ4v) is 2.49. The number of benzene rings is 1. The van der Waals surface area contributed by atoms with Crippen LogP contribution in [-0.4, -0.2) is 12.1 Å². The van der Waals surface area contributed by atoms with Gasteiger partial charge in [-0.3, -0.25) is 0 Å². The second-order valence-electron chi connectivity index (χ2n) is 6.17. The van der Waals surface area contributed by atoms with Gasteiger partial charge >= 0.3 is 5.97 Å². The van der Waals surface area contributed by atoms with Gasteiger partial charge in [0.25, 0.3) is 0 Å². The lowest BCUT2D eigenvalue weighted by atomic mass is 9.76. The molecule has 0 radical (unpaired) electrons. The van der Waals surface area contributed by atoms with Gasteiger partial charge in [-0.1, -0.05) is 26.0 Å². The smallest absolute Gasteiger partial charge is 0.338 e. The van der Waals surface area contributed by atoms with Gasteiger partial charge in [-0.25, -0.2) is 4.79 Å². The molecule has 0 amide bonds. The Bertz CT molecular complexity index is 427. The van der Waals surface area contributed by atoms with Crippen LogP contribution in [0, 0.1) is 5.41 Å². The highest BCUT2D eigenvalue weighted by Gasteiger charge is 2.28. The Kier molecular flexibility index (Phi) is 4.25. The Morgan fingerprint density at radius 1 is 1.26 bits per heavy atom. The van der Waals surface area contributed by atoms with E-state index in [1.54, 1.807) is 12.1 Å². The second kappa shape index (κ2) is 5.74. The van der Waals surface area contributed by atoms with Crippen molar-refractivity contribution in [3.63, 3.8) is 0 Å². The summed E-state index contributed by atoms with van der Waals surface area (Å²) < 4.78 is 5.57. The van der Waals surface area contributed by atoms with Crippen LogP contribution in [0.2, 0.25) is 0 Å². The van der Waals surface area contributed by atoms with Gasteiger partial charge in [-0.2, -0.15) is 0 Å². The molecule has 3 nitrogen and oxygen atoms in total. The highest BCUT2D eigenvalue weighted by atomic mass is 16.5. The maximum Gasteiger partial charge on any atom is 0.338 e. The molecule has 1 aromatic rings. The van der Waals surface area contributed by atoms with E-state index in [0.29, 0.717) is 17.5 Å². The van der Waals surface area contributed by atoms with E-state index in [1.807, 2.05) is 12.1 Å². The summed E-state index contributed by atoms with van der Waals surface area (Å²) in [6.45, 7) is 5.04. The molecule has 2 N–H and O–H groups in total. The van der Waals surface area contributed by atoms with Crippen LogP contribution in [0.15, 0.2) is 24.3 Å². The molecular formula is C16H23NO2. The van der Waals surface area contributed by atoms with Crippen LogP contribution in [0.5, 0.6) is 0 Å². The van der Waals surface area contributed by atoms with Gasteiger partial charge in [-0.15, -0.1) is 0 Å². The average Bonchev–Trinajstić information content (AvgIpc) is 2.41. The number of carbonyl (C=O) groups is 1. The van der Waals surface area contributed by atoms with Crippen LogP contribution in [-0.2, 0) is 11.3 Å². The quantitative estimate of drug-likeness (QED) is 0.850. The van der Waals surface area contributed by atoms with Crippen molar-refractivity contribution in [3.8, 4) is 0 Å². The van der Waals surface area contributed by atoms with Gasteiger partial charge in [0.15, 0.2) is 0 Å². The third-order valence-electron chi connectivity index (χ3n) is 3.99. The summed E-state index contributed by atoms with van der Waals surface area (Å²) in [4.78, 5) is 12.0. The molecule has 0 saturated heterocycles. The van der Waals surface area contributed by atoms with E-state index >= 15 is 0 Å². The third-order valence-corrected chi connectivity index (χ3v) is 3.99. The van der Waals surface area contributed by atoms with Gasteiger partial charge in [0.2, 0.25) is 0 Å². The number of carbonyl (C=O) groups excluding carboxylic acids is 1. The number of nitrogens with two attached hydrogens (primary N) is 1. The molecule has 1 aliphatic carbocycles. The van der Waals surface area contributed by atoms with Crippen LogP contribution in [0.4, 0.5) is 0 Å². The maximum atomic E-state index is 12.0. The normalized spacial score (nSPS) is 19.1. The molecular weight excluding hydrogens is 238 g/mol. The Labute approximate surface area is 115 Å². The van der Waals surface area contributed by atoms with E-state index in [1.165, 1.54) is 0 Å². The molecule has 19 heavy (non-hydrogen) atoms. The van der Waals surface area contributed by atoms with Gasteiger partial charge < -0.3 is 10.5 Å². The van der Waals surface area contributed by atoms with E-state index in [0.717, 1.165) is 31.2 Å². The molecule has 1 fully saturated rings. The third kappa shape index (κ3) is 3.80. The first kappa shape index (κ1) is 14.1. The zero-order valence-corrected chi connectivity index (χ0v) is 11.8. The van der Waals surface area contributed by atoms with Crippen molar-refractivity contribution in [2.24, 2.45) is 11.1 Å². The predicted molar refractivity (Wildman–Crippen MR) is 75.8 cm³/mol. The number of rotatable bonds is 3. The minimum Gasteiger partial charge on any atom is -0.459 e. The molecule has 2 rings (SSSR count). The van der Waals surface area contributed by atoms with Gasteiger partial charge in [0.05, 0.1) is 5.56 Å². The van der Waals surface area contributed by atoms with Gasteiger partial charge in [-0.05, 0) is 48.8 Å². The summed E-state index contributed by atoms with van der Waals surface area (Å²) >= 11 is 0. The van der Waals surface area contributed by atoms with Gasteiger partial charge in [0.1, 0.15) is 6.10 Å². The van der Waals surface area contributed by atoms with Crippen LogP contribution in [0.3, 0.4) is 0 Å². The Hall–Kier alpha value is -1.35. The summed E-state index contributed by atoms with van der Waals surface area (Å²) in [5.74, 6) is -0.215. The maximum absolute atomic E-state index is 12.0. The number of hydrogen-bond acceptors (Lipinski definition) is 3. The summed E-state index contributed by atoms with van der Waals surface area (Å²) in [5.41, 5.74) is 7.57. The van der Waals surface area contributed by atoms with Crippen LogP contribution in [0.25, 0.3) is 0 Å². The fraction of sp³-hybridized carbons (Fsp3) is 0.562. The lowest BCUT2D eigenvalue weighted by Gasteiger charge is -2.33. The summed E-state index contributed by atoms with van der Waals surface area (Å²) in [6.07, 6.45) is 4.27. The zero-order valence-electron chi connectivity index (χ0n) is 11.8. The van der Waals surface area contributed by atoms with E-state index in [4.69, 9.17) is 10.5 Å². The lowest BCUT2D eigenvalue weighted by Crippen LogP contribution is -2.28. The SMILES string of the molecule is CC1(C)CCC(OC(=O)c2ccc(CN)cc2)CC1. The summed E-state index contributed by atoms with van der Waals surface area (Å²) in [7, 11) is 0. The van der Waals surface area contributed by atoms with E-state index in [9.17, 15) is 4.79 Å². The van der Waals surface area contributed by atoms with Crippen LogP contribution >= 0.6 is 0 Å². The minimum atomic E-state index is -0.215. The second-order valence-corrected chi connectivity index (χ2v) is 6.17. The highest BCUT2D eigenvalue weighted by Crippen LogP contribution is 2.36. The molecule has 0 aromatic heterocycles. The van der Waals surface area contributed by atoms with Gasteiger partial charge in [0, 0.05) is 6.54 Å². The molecule has 0 bridgehead atoms. The zero-order chi connectivity index (χ0) is 13.9. The minimum absolute atomic E-state index is 0.0784. The first-order valence-electron chi connectivity index (χ1n) is 7.00. The molecule has 1 saturated carbocycles. The monoisotopic (exact) mass is 261 g/mol. The number of hydrogen-bond donors (Lipinski definition) is 1. The average molecular weight is 261 g/mol. The molecule has 104 valence electrons. The predicted octanol–water partition coefficient (Wildman–Crippen LogP) is 3.27. The Morgan fingerprint density at radius 3 is 2.37 bits per heavy atom. The Balaban J connectivity index is 1.90. The molecule has 1 aromatic carbocycles. The largest absolute Gasteiger partial charge is 0.459 e. The molecule has 0 heterocycles. The van der Waals surface area contributed by atoms with Crippen molar-refractivity contribution in [3.05, 3.63) is 35.4 Å². The lowest BCUT2D eigenvalue weighted by molar-refractivity contribution is 0.00951. The summed E-state index contributed by atoms with van der Waals surface area (Å²) in [5, 5.41) is 0. The van der Waals surface area contributed by atoms with Crippen molar-refractivity contribution >= 4 is 5.97 Å². The topological polar surface area (TPSA) is 52.3 Å². The highest BCUT2D eigenvalue weighted by molar-refractivity contribution is 5.89.